The molecule has 2 nitrogen and oxygen atoms in total. The zero-order valence-electron chi connectivity index (χ0n) is 4.29. The van der Waals surface area contributed by atoms with Gasteiger partial charge in [-0.3, -0.25) is 0 Å². The van der Waals surface area contributed by atoms with Crippen LogP contribution in [0, 0.1) is 11.3 Å². The molecule has 0 unspecified atom stereocenters. The molecule has 0 radical (unpaired) electrons. The number of rotatable bonds is 0. The minimum absolute atomic E-state index is 0.792. The second-order valence-electron chi connectivity index (χ2n) is 1.50. The number of hydrogen-bond donors (Lipinski definition) is 0. The molecular weight excluding hydrogens is 102 g/mol. The zero-order chi connectivity index (χ0) is 5.82. The SMILES string of the molecule is [O-][N+]#CC1=CCC=C1. The lowest BCUT2D eigenvalue weighted by molar-refractivity contribution is 1.44. The second-order valence-corrected chi connectivity index (χ2v) is 1.50. The molecule has 0 spiro atoms. The van der Waals surface area contributed by atoms with Crippen molar-refractivity contribution < 1.29 is 0 Å². The Bertz CT molecular complexity index is 192. The molecule has 0 aromatic heterocycles. The summed E-state index contributed by atoms with van der Waals surface area (Å²) < 4.78 is 0. The van der Waals surface area contributed by atoms with Crippen molar-refractivity contribution in [3.05, 3.63) is 34.0 Å². The van der Waals surface area contributed by atoms with E-state index in [4.69, 9.17) is 0 Å². The summed E-state index contributed by atoms with van der Waals surface area (Å²) in [6.07, 6.45) is 6.56. The van der Waals surface area contributed by atoms with Gasteiger partial charge >= 0.3 is 6.07 Å². The molecule has 0 aliphatic heterocycles. The van der Waals surface area contributed by atoms with Gasteiger partial charge in [0.15, 0.2) is 0 Å². The van der Waals surface area contributed by atoms with Gasteiger partial charge in [0, 0.05) is 5.01 Å². The molecular formula is C6H5NO. The maximum atomic E-state index is 9.52. The standard InChI is InChI=1S/C6H5NO/c8-7-5-6-3-1-2-4-6/h1,3-4H,2H2. The van der Waals surface area contributed by atoms with Crippen LogP contribution in [0.3, 0.4) is 0 Å². The fraction of sp³-hybridized carbons (Fsp3) is 0.167. The number of allylic oxidation sites excluding steroid dienone is 4. The van der Waals surface area contributed by atoms with Crippen molar-refractivity contribution in [1.82, 2.24) is 0 Å². The minimum Gasteiger partial charge on any atom is -0.498 e. The van der Waals surface area contributed by atoms with E-state index in [-0.39, 0.29) is 0 Å². The van der Waals surface area contributed by atoms with Crippen molar-refractivity contribution in [2.24, 2.45) is 0 Å². The van der Waals surface area contributed by atoms with Gasteiger partial charge in [0.05, 0.1) is 5.57 Å². The molecule has 0 aromatic rings. The number of nitrogens with zero attached hydrogens (tertiary/aromatic N) is 1. The fourth-order valence-electron chi connectivity index (χ4n) is 0.594. The molecule has 1 aliphatic rings. The highest BCUT2D eigenvalue weighted by molar-refractivity contribution is 5.39. The van der Waals surface area contributed by atoms with E-state index in [2.05, 4.69) is 11.1 Å². The molecule has 8 heavy (non-hydrogen) atoms. The van der Waals surface area contributed by atoms with Crippen LogP contribution in [0.4, 0.5) is 0 Å². The molecule has 0 bridgehead atoms. The van der Waals surface area contributed by atoms with Gasteiger partial charge in [-0.1, -0.05) is 12.2 Å². The van der Waals surface area contributed by atoms with Crippen LogP contribution in [0.15, 0.2) is 23.8 Å². The molecule has 0 N–H and O–H groups in total. The summed E-state index contributed by atoms with van der Waals surface area (Å²) in [6.45, 7) is 0. The third-order valence-electron chi connectivity index (χ3n) is 0.946. The van der Waals surface area contributed by atoms with Gasteiger partial charge in [-0.25, -0.2) is 0 Å². The summed E-state index contributed by atoms with van der Waals surface area (Å²) in [7, 11) is 0. The average molecular weight is 107 g/mol. The van der Waals surface area contributed by atoms with Crippen LogP contribution >= 0.6 is 0 Å². The van der Waals surface area contributed by atoms with Crippen LogP contribution in [0.5, 0.6) is 0 Å². The molecule has 0 saturated carbocycles. The molecule has 0 fully saturated rings. The average Bonchev–Trinajstić information content (AvgIpc) is 2.19. The second kappa shape index (κ2) is 2.17. The first-order chi connectivity index (χ1) is 3.93. The van der Waals surface area contributed by atoms with Gasteiger partial charge in [-0.2, -0.15) is 0 Å². The van der Waals surface area contributed by atoms with Crippen LogP contribution < -0.4 is 0 Å². The van der Waals surface area contributed by atoms with Crippen molar-refractivity contribution in [3.8, 4) is 6.07 Å². The highest BCUT2D eigenvalue weighted by Crippen LogP contribution is 2.06. The van der Waals surface area contributed by atoms with Crippen molar-refractivity contribution in [2.45, 2.75) is 6.42 Å². The Hall–Kier alpha value is -1.23. The Morgan fingerprint density at radius 1 is 1.75 bits per heavy atom. The molecule has 2 heteroatoms. The highest BCUT2D eigenvalue weighted by atomic mass is 16.4. The number of hydrogen-bond acceptors (Lipinski definition) is 1. The molecule has 0 heterocycles. The molecule has 0 saturated heterocycles. The topological polar surface area (TPSA) is 27.4 Å². The van der Waals surface area contributed by atoms with E-state index in [0.29, 0.717) is 0 Å². The van der Waals surface area contributed by atoms with E-state index in [9.17, 15) is 5.21 Å². The minimum atomic E-state index is 0.792. The van der Waals surface area contributed by atoms with E-state index in [1.54, 1.807) is 0 Å². The first kappa shape index (κ1) is 4.92. The van der Waals surface area contributed by atoms with Crippen molar-refractivity contribution >= 4 is 0 Å². The van der Waals surface area contributed by atoms with E-state index in [0.717, 1.165) is 12.0 Å². The maximum absolute atomic E-state index is 9.52. The van der Waals surface area contributed by atoms with Gasteiger partial charge in [0.25, 0.3) is 0 Å². The van der Waals surface area contributed by atoms with Gasteiger partial charge in [0.1, 0.15) is 0 Å². The van der Waals surface area contributed by atoms with Gasteiger partial charge in [-0.15, -0.1) is 0 Å². The van der Waals surface area contributed by atoms with E-state index in [1.165, 1.54) is 0 Å². The summed E-state index contributed by atoms with van der Waals surface area (Å²) in [5, 5.41) is 12.0. The molecule has 1 aliphatic carbocycles. The summed E-state index contributed by atoms with van der Waals surface area (Å²) in [5.74, 6) is 0. The predicted octanol–water partition coefficient (Wildman–Crippen LogP) is 1.70. The lowest BCUT2D eigenvalue weighted by atomic mass is 10.3. The van der Waals surface area contributed by atoms with E-state index < -0.39 is 0 Å². The van der Waals surface area contributed by atoms with Crippen LogP contribution in [-0.4, -0.2) is 0 Å². The molecule has 40 valence electrons. The largest absolute Gasteiger partial charge is 0.498 e. The normalized spacial score (nSPS) is 14.8. The lowest BCUT2D eigenvalue weighted by Gasteiger charge is -1.66. The predicted molar refractivity (Wildman–Crippen MR) is 32.5 cm³/mol. The van der Waals surface area contributed by atoms with Crippen LogP contribution in [0.2, 0.25) is 0 Å². The van der Waals surface area contributed by atoms with Gasteiger partial charge in [0.2, 0.25) is 0 Å². The fourth-order valence-corrected chi connectivity index (χ4v) is 0.594. The third kappa shape index (κ3) is 0.881. The van der Waals surface area contributed by atoms with E-state index in [1.807, 2.05) is 18.2 Å². The maximum Gasteiger partial charge on any atom is 0.336 e. The molecule has 1 rings (SSSR count). The quantitative estimate of drug-likeness (QED) is 0.433. The monoisotopic (exact) mass is 107 g/mol. The van der Waals surface area contributed by atoms with Crippen LogP contribution in [0.1, 0.15) is 6.42 Å². The molecule has 0 aromatic carbocycles. The Balaban J connectivity index is 2.68. The van der Waals surface area contributed by atoms with Crippen molar-refractivity contribution in [3.63, 3.8) is 0 Å². The van der Waals surface area contributed by atoms with Crippen molar-refractivity contribution in [2.75, 3.05) is 0 Å². The van der Waals surface area contributed by atoms with Crippen LogP contribution in [0.25, 0.3) is 5.01 Å². The molecule has 0 amide bonds. The summed E-state index contributed by atoms with van der Waals surface area (Å²) in [5.41, 5.74) is 0.792. The highest BCUT2D eigenvalue weighted by Gasteiger charge is 1.96. The first-order valence-electron chi connectivity index (χ1n) is 2.38. The summed E-state index contributed by atoms with van der Waals surface area (Å²) in [6, 6.07) is 2.29. The third-order valence-corrected chi connectivity index (χ3v) is 0.946. The Kier molecular flexibility index (Phi) is 1.34. The van der Waals surface area contributed by atoms with Gasteiger partial charge < -0.3 is 5.21 Å². The molecule has 0 atom stereocenters. The van der Waals surface area contributed by atoms with Gasteiger partial charge in [-0.05, 0) is 12.5 Å². The smallest absolute Gasteiger partial charge is 0.336 e. The lowest BCUT2D eigenvalue weighted by Crippen LogP contribution is -1.59. The van der Waals surface area contributed by atoms with Crippen molar-refractivity contribution in [1.29, 1.82) is 0 Å². The Morgan fingerprint density at radius 3 is 3.12 bits per heavy atom. The first-order valence-corrected chi connectivity index (χ1v) is 2.38. The zero-order valence-corrected chi connectivity index (χ0v) is 4.29. The Labute approximate surface area is 47.5 Å². The summed E-state index contributed by atoms with van der Waals surface area (Å²) >= 11 is 0. The van der Waals surface area contributed by atoms with Crippen LogP contribution in [-0.2, 0) is 0 Å². The Morgan fingerprint density at radius 2 is 2.62 bits per heavy atom. The summed E-state index contributed by atoms with van der Waals surface area (Å²) in [4.78, 5) is 0. The van der Waals surface area contributed by atoms with E-state index >= 15 is 0 Å².